The van der Waals surface area contributed by atoms with Gasteiger partial charge in [0.2, 0.25) is 0 Å². The number of furan rings is 1. The smallest absolute Gasteiger partial charge is 0.338 e. The molecule has 1 aliphatic carbocycles. The molecule has 1 aliphatic rings. The molecule has 2 rings (SSSR count). The average Bonchev–Trinajstić information content (AvgIpc) is 2.68. The molecule has 1 saturated carbocycles. The molecule has 76 valence electrons. The number of carbonyl (C=O) groups is 1. The Morgan fingerprint density at radius 2 is 2.50 bits per heavy atom. The molecule has 0 radical (unpaired) electrons. The van der Waals surface area contributed by atoms with E-state index in [1.165, 1.54) is 12.7 Å². The third-order valence-electron chi connectivity index (χ3n) is 2.55. The number of rotatable bonds is 4. The van der Waals surface area contributed by atoms with Crippen molar-refractivity contribution in [3.63, 3.8) is 0 Å². The highest BCUT2D eigenvalue weighted by Crippen LogP contribution is 2.29. The van der Waals surface area contributed by atoms with Crippen molar-refractivity contribution < 1.29 is 14.3 Å². The van der Waals surface area contributed by atoms with Crippen LogP contribution in [0.3, 0.4) is 0 Å². The van der Waals surface area contributed by atoms with Crippen molar-refractivity contribution in [2.75, 3.05) is 0 Å². The van der Waals surface area contributed by atoms with Gasteiger partial charge in [0.25, 0.3) is 0 Å². The molecule has 0 spiro atoms. The van der Waals surface area contributed by atoms with Crippen LogP contribution in [-0.2, 0) is 6.54 Å². The Morgan fingerprint density at radius 3 is 3.00 bits per heavy atom. The van der Waals surface area contributed by atoms with Crippen LogP contribution in [0.25, 0.3) is 0 Å². The molecule has 0 saturated heterocycles. The second-order valence-corrected chi connectivity index (χ2v) is 3.81. The van der Waals surface area contributed by atoms with Gasteiger partial charge in [-0.05, 0) is 18.4 Å². The van der Waals surface area contributed by atoms with Gasteiger partial charge < -0.3 is 14.8 Å². The topological polar surface area (TPSA) is 62.5 Å². The molecule has 4 nitrogen and oxygen atoms in total. The van der Waals surface area contributed by atoms with E-state index in [1.807, 2.05) is 0 Å². The molecule has 1 aromatic rings. The Morgan fingerprint density at radius 1 is 1.79 bits per heavy atom. The Balaban J connectivity index is 1.87. The highest BCUT2D eigenvalue weighted by Gasteiger charge is 2.31. The van der Waals surface area contributed by atoms with Gasteiger partial charge in [-0.3, -0.25) is 0 Å². The minimum atomic E-state index is -0.945. The van der Waals surface area contributed by atoms with Gasteiger partial charge in [0.15, 0.2) is 0 Å². The van der Waals surface area contributed by atoms with Crippen LogP contribution in [0.4, 0.5) is 0 Å². The zero-order valence-corrected chi connectivity index (χ0v) is 7.99. The van der Waals surface area contributed by atoms with Crippen LogP contribution in [0.1, 0.15) is 29.5 Å². The molecule has 0 bridgehead atoms. The summed E-state index contributed by atoms with van der Waals surface area (Å²) in [6.45, 7) is 2.80. The van der Waals surface area contributed by atoms with E-state index in [0.29, 0.717) is 18.3 Å². The molecule has 1 fully saturated rings. The fraction of sp³-hybridized carbons (Fsp3) is 0.500. The number of nitrogens with one attached hydrogen (secondary N) is 1. The minimum Gasteiger partial charge on any atom is -0.478 e. The van der Waals surface area contributed by atoms with E-state index in [0.717, 1.165) is 5.92 Å². The zero-order valence-electron chi connectivity index (χ0n) is 7.99. The quantitative estimate of drug-likeness (QED) is 0.763. The summed E-state index contributed by atoms with van der Waals surface area (Å²) >= 11 is 0. The Hall–Kier alpha value is -1.29. The normalized spacial score (nSPS) is 24.9. The monoisotopic (exact) mass is 195 g/mol. The van der Waals surface area contributed by atoms with Gasteiger partial charge in [-0.25, -0.2) is 4.79 Å². The van der Waals surface area contributed by atoms with E-state index in [1.54, 1.807) is 6.07 Å². The summed E-state index contributed by atoms with van der Waals surface area (Å²) < 4.78 is 5.10. The second kappa shape index (κ2) is 3.46. The predicted molar refractivity (Wildman–Crippen MR) is 50.1 cm³/mol. The van der Waals surface area contributed by atoms with Gasteiger partial charge in [-0.15, -0.1) is 0 Å². The van der Waals surface area contributed by atoms with Gasteiger partial charge in [0.1, 0.15) is 12.0 Å². The minimum absolute atomic E-state index is 0.214. The van der Waals surface area contributed by atoms with Crippen LogP contribution in [0.15, 0.2) is 16.7 Å². The first-order chi connectivity index (χ1) is 6.66. The first-order valence-electron chi connectivity index (χ1n) is 4.71. The predicted octanol–water partition coefficient (Wildman–Crippen LogP) is 1.48. The summed E-state index contributed by atoms with van der Waals surface area (Å²) in [5.41, 5.74) is 0.214. The summed E-state index contributed by atoms with van der Waals surface area (Å²) in [6, 6.07) is 2.14. The first-order valence-corrected chi connectivity index (χ1v) is 4.71. The number of carboxylic acids is 1. The Bertz CT molecular complexity index is 345. The number of carboxylic acid groups (broad SMARTS) is 1. The van der Waals surface area contributed by atoms with Gasteiger partial charge in [-0.1, -0.05) is 6.92 Å². The highest BCUT2D eigenvalue weighted by atomic mass is 16.4. The number of hydrogen-bond acceptors (Lipinski definition) is 3. The Labute approximate surface area is 81.9 Å². The lowest BCUT2D eigenvalue weighted by molar-refractivity contribution is 0.0696. The fourth-order valence-corrected chi connectivity index (χ4v) is 1.42. The maximum Gasteiger partial charge on any atom is 0.338 e. The maximum atomic E-state index is 10.5. The largest absolute Gasteiger partial charge is 0.478 e. The molecule has 0 aliphatic heterocycles. The van der Waals surface area contributed by atoms with Crippen LogP contribution < -0.4 is 5.32 Å². The van der Waals surface area contributed by atoms with Crippen molar-refractivity contribution in [2.24, 2.45) is 5.92 Å². The zero-order chi connectivity index (χ0) is 10.1. The summed E-state index contributed by atoms with van der Waals surface area (Å²) in [7, 11) is 0. The molecule has 14 heavy (non-hydrogen) atoms. The van der Waals surface area contributed by atoms with Crippen LogP contribution >= 0.6 is 0 Å². The molecule has 0 aromatic carbocycles. The van der Waals surface area contributed by atoms with Gasteiger partial charge >= 0.3 is 5.97 Å². The van der Waals surface area contributed by atoms with E-state index < -0.39 is 5.97 Å². The van der Waals surface area contributed by atoms with Crippen molar-refractivity contribution in [2.45, 2.75) is 25.9 Å². The number of aromatic carboxylic acids is 1. The second-order valence-electron chi connectivity index (χ2n) is 3.81. The van der Waals surface area contributed by atoms with Crippen molar-refractivity contribution in [3.05, 3.63) is 23.7 Å². The van der Waals surface area contributed by atoms with Crippen LogP contribution in [0.2, 0.25) is 0 Å². The highest BCUT2D eigenvalue weighted by molar-refractivity contribution is 5.87. The standard InChI is InChI=1S/C10H13NO3/c1-6-2-9(6)11-4-8-3-7(5-14-8)10(12)13/h3,5-6,9,11H,2,4H2,1H3,(H,12,13). The van der Waals surface area contributed by atoms with Crippen molar-refractivity contribution in [3.8, 4) is 0 Å². The van der Waals surface area contributed by atoms with E-state index >= 15 is 0 Å². The molecule has 0 amide bonds. The lowest BCUT2D eigenvalue weighted by Gasteiger charge is -1.98. The van der Waals surface area contributed by atoms with Crippen LogP contribution in [-0.4, -0.2) is 17.1 Å². The van der Waals surface area contributed by atoms with E-state index in [2.05, 4.69) is 12.2 Å². The fourth-order valence-electron chi connectivity index (χ4n) is 1.42. The van der Waals surface area contributed by atoms with E-state index in [9.17, 15) is 4.79 Å². The molecule has 2 atom stereocenters. The molecular weight excluding hydrogens is 182 g/mol. The van der Waals surface area contributed by atoms with Crippen molar-refractivity contribution in [1.82, 2.24) is 5.32 Å². The molecule has 1 aromatic heterocycles. The first kappa shape index (κ1) is 9.27. The lowest BCUT2D eigenvalue weighted by Crippen LogP contribution is -2.16. The summed E-state index contributed by atoms with van der Waals surface area (Å²) in [4.78, 5) is 10.5. The van der Waals surface area contributed by atoms with E-state index in [-0.39, 0.29) is 5.56 Å². The average molecular weight is 195 g/mol. The van der Waals surface area contributed by atoms with Crippen LogP contribution in [0, 0.1) is 5.92 Å². The SMILES string of the molecule is CC1CC1NCc1cc(C(=O)O)co1. The third-order valence-corrected chi connectivity index (χ3v) is 2.55. The Kier molecular flexibility index (Phi) is 2.29. The van der Waals surface area contributed by atoms with E-state index in [4.69, 9.17) is 9.52 Å². The molecule has 4 heteroatoms. The molecule has 2 unspecified atom stereocenters. The summed E-state index contributed by atoms with van der Waals surface area (Å²) in [6.07, 6.45) is 2.47. The molecular formula is C10H13NO3. The summed E-state index contributed by atoms with van der Waals surface area (Å²) in [5.74, 6) is 0.477. The van der Waals surface area contributed by atoms with Gasteiger partial charge in [0.05, 0.1) is 12.1 Å². The number of hydrogen-bond donors (Lipinski definition) is 2. The van der Waals surface area contributed by atoms with Gasteiger partial charge in [-0.2, -0.15) is 0 Å². The molecule has 1 heterocycles. The third kappa shape index (κ3) is 1.96. The lowest BCUT2D eigenvalue weighted by atomic mass is 10.3. The van der Waals surface area contributed by atoms with Crippen molar-refractivity contribution >= 4 is 5.97 Å². The van der Waals surface area contributed by atoms with Crippen molar-refractivity contribution in [1.29, 1.82) is 0 Å². The maximum absolute atomic E-state index is 10.5. The van der Waals surface area contributed by atoms with Gasteiger partial charge in [0, 0.05) is 6.04 Å². The summed E-state index contributed by atoms with van der Waals surface area (Å²) in [5, 5.41) is 11.9. The van der Waals surface area contributed by atoms with Crippen LogP contribution in [0.5, 0.6) is 0 Å². The molecule has 2 N–H and O–H groups in total.